The summed E-state index contributed by atoms with van der Waals surface area (Å²) in [6, 6.07) is 2.52. The van der Waals surface area contributed by atoms with Crippen molar-refractivity contribution in [1.29, 1.82) is 0 Å². The van der Waals surface area contributed by atoms with Crippen molar-refractivity contribution >= 4 is 23.1 Å². The maximum absolute atomic E-state index is 8.91. The van der Waals surface area contributed by atoms with E-state index in [1.165, 1.54) is 28.4 Å². The smallest absolute Gasteiger partial charge is 0.0582 e. The summed E-state index contributed by atoms with van der Waals surface area (Å²) in [6.45, 7) is 3.11. The fraction of sp³-hybridized carbons (Fsp3) is 0.636. The minimum Gasteiger partial charge on any atom is -0.395 e. The van der Waals surface area contributed by atoms with Crippen LogP contribution >= 0.6 is 23.1 Å². The summed E-state index contributed by atoms with van der Waals surface area (Å²) in [6.07, 6.45) is 1.24. The zero-order chi connectivity index (χ0) is 10.7. The Morgan fingerprint density at radius 2 is 2.47 bits per heavy atom. The number of rotatable bonds is 4. The Labute approximate surface area is 99.1 Å². The van der Waals surface area contributed by atoms with Gasteiger partial charge >= 0.3 is 0 Å². The lowest BCUT2D eigenvalue weighted by Gasteiger charge is -2.08. The number of hydrogen-bond donors (Lipinski definition) is 2. The number of aliphatic hydroxyl groups is 1. The average Bonchev–Trinajstić information content (AvgIpc) is 2.68. The molecule has 0 aromatic carbocycles. The van der Waals surface area contributed by atoms with Crippen molar-refractivity contribution in [3.05, 3.63) is 21.4 Å². The van der Waals surface area contributed by atoms with Crippen molar-refractivity contribution in [2.24, 2.45) is 0 Å². The summed E-state index contributed by atoms with van der Waals surface area (Å²) in [7, 11) is 0. The van der Waals surface area contributed by atoms with Crippen molar-refractivity contribution in [2.45, 2.75) is 31.7 Å². The predicted octanol–water partition coefficient (Wildman–Crippen LogP) is 2.01. The van der Waals surface area contributed by atoms with E-state index >= 15 is 0 Å². The number of aryl methyl sites for hydroxylation is 1. The summed E-state index contributed by atoms with van der Waals surface area (Å²) in [5.74, 6) is 2.45. The van der Waals surface area contributed by atoms with Gasteiger partial charge < -0.3 is 10.4 Å². The molecule has 0 bridgehead atoms. The molecule has 0 fully saturated rings. The molecule has 2 rings (SSSR count). The maximum Gasteiger partial charge on any atom is 0.0582 e. The zero-order valence-electron chi connectivity index (χ0n) is 8.95. The lowest BCUT2D eigenvalue weighted by molar-refractivity contribution is 0.251. The zero-order valence-corrected chi connectivity index (χ0v) is 10.6. The molecule has 0 saturated heterocycles. The van der Waals surface area contributed by atoms with Crippen LogP contribution in [0.1, 0.15) is 22.2 Å². The van der Waals surface area contributed by atoms with Gasteiger partial charge in [-0.05, 0) is 30.7 Å². The van der Waals surface area contributed by atoms with Gasteiger partial charge in [-0.3, -0.25) is 0 Å². The maximum atomic E-state index is 8.91. The molecule has 4 heteroatoms. The van der Waals surface area contributed by atoms with E-state index in [2.05, 4.69) is 11.4 Å². The summed E-state index contributed by atoms with van der Waals surface area (Å²) in [5.41, 5.74) is 1.53. The predicted molar refractivity (Wildman–Crippen MR) is 67.6 cm³/mol. The van der Waals surface area contributed by atoms with E-state index in [-0.39, 0.29) is 12.6 Å². The van der Waals surface area contributed by atoms with Gasteiger partial charge in [0.25, 0.3) is 0 Å². The molecule has 1 aliphatic rings. The standard InChI is InChI=1S/C11H17NOS2/c1-8(6-13)12-5-10-4-9-7-14-3-2-11(9)15-10/h4,8,12-13H,2-3,5-7H2,1H3. The van der Waals surface area contributed by atoms with Gasteiger partial charge in [0.1, 0.15) is 0 Å². The summed E-state index contributed by atoms with van der Waals surface area (Å²) in [4.78, 5) is 2.98. The van der Waals surface area contributed by atoms with E-state index in [1.807, 2.05) is 30.0 Å². The highest BCUT2D eigenvalue weighted by atomic mass is 32.2. The lowest BCUT2D eigenvalue weighted by atomic mass is 10.2. The number of hydrogen-bond acceptors (Lipinski definition) is 4. The summed E-state index contributed by atoms with van der Waals surface area (Å²) >= 11 is 3.96. The van der Waals surface area contributed by atoms with Crippen molar-refractivity contribution < 1.29 is 5.11 Å². The SMILES string of the molecule is CC(CO)NCc1cc2c(s1)CCSC2. The highest BCUT2D eigenvalue weighted by Crippen LogP contribution is 2.31. The van der Waals surface area contributed by atoms with Crippen LogP contribution in [0.25, 0.3) is 0 Å². The fourth-order valence-corrected chi connectivity index (χ4v) is 3.97. The molecule has 1 atom stereocenters. The van der Waals surface area contributed by atoms with Crippen molar-refractivity contribution in [3.63, 3.8) is 0 Å². The van der Waals surface area contributed by atoms with Gasteiger partial charge in [0, 0.05) is 28.1 Å². The van der Waals surface area contributed by atoms with Crippen LogP contribution < -0.4 is 5.32 Å². The first-order valence-electron chi connectivity index (χ1n) is 5.32. The highest BCUT2D eigenvalue weighted by Gasteiger charge is 2.13. The molecule has 0 spiro atoms. The van der Waals surface area contributed by atoms with Crippen molar-refractivity contribution in [3.8, 4) is 0 Å². The Morgan fingerprint density at radius 3 is 3.20 bits per heavy atom. The summed E-state index contributed by atoms with van der Waals surface area (Å²) in [5, 5.41) is 12.2. The third-order valence-electron chi connectivity index (χ3n) is 2.58. The van der Waals surface area contributed by atoms with E-state index in [4.69, 9.17) is 5.11 Å². The van der Waals surface area contributed by atoms with Crippen LogP contribution in [-0.4, -0.2) is 23.5 Å². The molecule has 84 valence electrons. The average molecular weight is 243 g/mol. The second-order valence-electron chi connectivity index (χ2n) is 3.93. The molecular formula is C11H17NOS2. The third kappa shape index (κ3) is 2.97. The van der Waals surface area contributed by atoms with Crippen LogP contribution in [-0.2, 0) is 18.7 Å². The Balaban J connectivity index is 1.94. The van der Waals surface area contributed by atoms with Gasteiger partial charge in [-0.1, -0.05) is 0 Å². The van der Waals surface area contributed by atoms with Gasteiger partial charge in [-0.15, -0.1) is 11.3 Å². The Kier molecular flexibility index (Phi) is 4.08. The van der Waals surface area contributed by atoms with Crippen LogP contribution in [0.5, 0.6) is 0 Å². The highest BCUT2D eigenvalue weighted by molar-refractivity contribution is 7.98. The molecule has 2 N–H and O–H groups in total. The first-order chi connectivity index (χ1) is 7.29. The van der Waals surface area contributed by atoms with Crippen LogP contribution in [0.15, 0.2) is 6.07 Å². The van der Waals surface area contributed by atoms with E-state index < -0.39 is 0 Å². The number of fused-ring (bicyclic) bond motifs is 1. The topological polar surface area (TPSA) is 32.3 Å². The molecule has 2 heterocycles. The first kappa shape index (κ1) is 11.5. The van der Waals surface area contributed by atoms with E-state index in [0.717, 1.165) is 6.54 Å². The molecule has 1 aromatic rings. The van der Waals surface area contributed by atoms with Crippen LogP contribution in [0.2, 0.25) is 0 Å². The van der Waals surface area contributed by atoms with Gasteiger partial charge in [-0.2, -0.15) is 11.8 Å². The number of nitrogens with one attached hydrogen (secondary N) is 1. The minimum absolute atomic E-state index is 0.193. The molecule has 0 radical (unpaired) electrons. The third-order valence-corrected chi connectivity index (χ3v) is 4.82. The molecule has 2 nitrogen and oxygen atoms in total. The molecule has 0 saturated carbocycles. The van der Waals surface area contributed by atoms with Gasteiger partial charge in [-0.25, -0.2) is 0 Å². The number of thioether (sulfide) groups is 1. The van der Waals surface area contributed by atoms with E-state index in [1.54, 1.807) is 4.88 Å². The quantitative estimate of drug-likeness (QED) is 0.848. The normalized spacial score (nSPS) is 17.5. The van der Waals surface area contributed by atoms with Gasteiger partial charge in [0.2, 0.25) is 0 Å². The second kappa shape index (κ2) is 5.34. The molecule has 1 unspecified atom stereocenters. The first-order valence-corrected chi connectivity index (χ1v) is 7.29. The minimum atomic E-state index is 0.193. The number of thiophene rings is 1. The van der Waals surface area contributed by atoms with Crippen LogP contribution in [0, 0.1) is 0 Å². The fourth-order valence-electron chi connectivity index (χ4n) is 1.64. The number of aliphatic hydroxyl groups excluding tert-OH is 1. The van der Waals surface area contributed by atoms with Gasteiger partial charge in [0.15, 0.2) is 0 Å². The monoisotopic (exact) mass is 243 g/mol. The van der Waals surface area contributed by atoms with Crippen LogP contribution in [0.4, 0.5) is 0 Å². The molecular weight excluding hydrogens is 226 g/mol. The Bertz CT molecular complexity index is 301. The van der Waals surface area contributed by atoms with E-state index in [9.17, 15) is 0 Å². The summed E-state index contributed by atoms with van der Waals surface area (Å²) < 4.78 is 0. The Hall–Kier alpha value is -0.0300. The molecule has 0 amide bonds. The lowest BCUT2D eigenvalue weighted by Crippen LogP contribution is -2.28. The Morgan fingerprint density at radius 1 is 1.60 bits per heavy atom. The molecule has 0 aliphatic carbocycles. The second-order valence-corrected chi connectivity index (χ2v) is 6.25. The van der Waals surface area contributed by atoms with Crippen molar-refractivity contribution in [2.75, 3.05) is 12.4 Å². The van der Waals surface area contributed by atoms with E-state index in [0.29, 0.717) is 0 Å². The van der Waals surface area contributed by atoms with Crippen molar-refractivity contribution in [1.82, 2.24) is 5.32 Å². The van der Waals surface area contributed by atoms with Gasteiger partial charge in [0.05, 0.1) is 6.61 Å². The molecule has 1 aromatic heterocycles. The molecule has 1 aliphatic heterocycles. The molecule has 15 heavy (non-hydrogen) atoms. The largest absolute Gasteiger partial charge is 0.395 e. The van der Waals surface area contributed by atoms with Crippen LogP contribution in [0.3, 0.4) is 0 Å².